The Hall–Kier alpha value is -1.81. The van der Waals surface area contributed by atoms with Gasteiger partial charge in [0.05, 0.1) is 11.8 Å². The van der Waals surface area contributed by atoms with Gasteiger partial charge in [0.2, 0.25) is 0 Å². The van der Waals surface area contributed by atoms with Crippen molar-refractivity contribution in [3.63, 3.8) is 0 Å². The molecule has 0 radical (unpaired) electrons. The van der Waals surface area contributed by atoms with Gasteiger partial charge in [-0.2, -0.15) is 0 Å². The number of amides is 1. The number of carbonyl (C=O) groups excluding carboxylic acids is 1. The molecule has 1 aromatic carbocycles. The lowest BCUT2D eigenvalue weighted by Gasteiger charge is -2.17. The molecule has 0 aliphatic heterocycles. The fraction of sp³-hybridized carbons (Fsp3) is 0.154. The predicted octanol–water partition coefficient (Wildman–Crippen LogP) is 3.34. The van der Waals surface area contributed by atoms with Crippen LogP contribution < -0.4 is 0 Å². The van der Waals surface area contributed by atoms with Gasteiger partial charge in [0.1, 0.15) is 12.1 Å². The maximum atomic E-state index is 13.6. The first kappa shape index (κ1) is 12.6. The summed E-state index contributed by atoms with van der Waals surface area (Å²) >= 11 is 5.91. The molecule has 0 atom stereocenters. The molecule has 94 valence electrons. The number of hydrogen-bond acceptors (Lipinski definition) is 2. The fourth-order valence-electron chi connectivity index (χ4n) is 1.60. The largest absolute Gasteiger partial charge is 0.472 e. The first-order chi connectivity index (χ1) is 8.59. The number of furan rings is 1. The summed E-state index contributed by atoms with van der Waals surface area (Å²) in [5.41, 5.74) is 0.725. The van der Waals surface area contributed by atoms with E-state index in [9.17, 15) is 9.18 Å². The molecule has 0 fully saturated rings. The topological polar surface area (TPSA) is 33.5 Å². The van der Waals surface area contributed by atoms with E-state index in [0.717, 1.165) is 0 Å². The molecule has 0 aliphatic carbocycles. The molecule has 2 rings (SSSR count). The van der Waals surface area contributed by atoms with Crippen molar-refractivity contribution in [2.75, 3.05) is 7.05 Å². The molecule has 5 heteroatoms. The summed E-state index contributed by atoms with van der Waals surface area (Å²) in [6, 6.07) is 5.99. The van der Waals surface area contributed by atoms with Gasteiger partial charge in [-0.1, -0.05) is 17.7 Å². The van der Waals surface area contributed by atoms with Crippen LogP contribution in [0.3, 0.4) is 0 Å². The second-order valence-corrected chi connectivity index (χ2v) is 4.28. The molecule has 0 spiro atoms. The van der Waals surface area contributed by atoms with E-state index in [0.29, 0.717) is 16.1 Å². The molecule has 0 N–H and O–H groups in total. The number of benzene rings is 1. The molecule has 0 aliphatic rings. The van der Waals surface area contributed by atoms with Crippen LogP contribution >= 0.6 is 11.6 Å². The van der Waals surface area contributed by atoms with Crippen molar-refractivity contribution in [1.82, 2.24) is 4.90 Å². The first-order valence-corrected chi connectivity index (χ1v) is 5.68. The lowest BCUT2D eigenvalue weighted by atomic mass is 10.2. The quantitative estimate of drug-likeness (QED) is 0.854. The Kier molecular flexibility index (Phi) is 3.67. The number of carbonyl (C=O) groups is 1. The highest BCUT2D eigenvalue weighted by molar-refractivity contribution is 6.31. The SMILES string of the molecule is CN(Cc1c(F)cccc1Cl)C(=O)c1ccoc1. The third-order valence-electron chi connectivity index (χ3n) is 2.57. The number of nitrogens with zero attached hydrogens (tertiary/aromatic N) is 1. The fourth-order valence-corrected chi connectivity index (χ4v) is 1.82. The Morgan fingerprint density at radius 1 is 1.44 bits per heavy atom. The van der Waals surface area contributed by atoms with Gasteiger partial charge in [0.15, 0.2) is 0 Å². The van der Waals surface area contributed by atoms with E-state index >= 15 is 0 Å². The van der Waals surface area contributed by atoms with Gasteiger partial charge in [0, 0.05) is 24.2 Å². The van der Waals surface area contributed by atoms with Gasteiger partial charge in [-0.05, 0) is 18.2 Å². The zero-order chi connectivity index (χ0) is 13.1. The summed E-state index contributed by atoms with van der Waals surface area (Å²) in [6.07, 6.45) is 2.76. The van der Waals surface area contributed by atoms with Crippen molar-refractivity contribution in [2.24, 2.45) is 0 Å². The van der Waals surface area contributed by atoms with Crippen LogP contribution in [0, 0.1) is 5.82 Å². The second kappa shape index (κ2) is 5.23. The summed E-state index contributed by atoms with van der Waals surface area (Å²) in [5.74, 6) is -0.669. The van der Waals surface area contributed by atoms with Gasteiger partial charge in [-0.15, -0.1) is 0 Å². The van der Waals surface area contributed by atoms with Crippen molar-refractivity contribution in [3.05, 3.63) is 58.8 Å². The zero-order valence-corrected chi connectivity index (χ0v) is 10.4. The van der Waals surface area contributed by atoms with E-state index in [2.05, 4.69) is 0 Å². The highest BCUT2D eigenvalue weighted by atomic mass is 35.5. The summed E-state index contributed by atoms with van der Waals surface area (Å²) in [7, 11) is 1.58. The van der Waals surface area contributed by atoms with E-state index in [1.807, 2.05) is 0 Å². The average molecular weight is 268 g/mol. The van der Waals surface area contributed by atoms with Crippen molar-refractivity contribution in [2.45, 2.75) is 6.54 Å². The van der Waals surface area contributed by atoms with Crippen molar-refractivity contribution >= 4 is 17.5 Å². The number of halogens is 2. The Morgan fingerprint density at radius 2 is 2.22 bits per heavy atom. The van der Waals surface area contributed by atoms with Crippen LogP contribution in [0.25, 0.3) is 0 Å². The van der Waals surface area contributed by atoms with Crippen molar-refractivity contribution in [3.8, 4) is 0 Å². The summed E-state index contributed by atoms with van der Waals surface area (Å²) in [4.78, 5) is 13.3. The predicted molar refractivity (Wildman–Crippen MR) is 65.9 cm³/mol. The smallest absolute Gasteiger partial charge is 0.257 e. The molecule has 0 saturated carbocycles. The van der Waals surface area contributed by atoms with E-state index < -0.39 is 5.82 Å². The monoisotopic (exact) mass is 267 g/mol. The lowest BCUT2D eigenvalue weighted by Crippen LogP contribution is -2.26. The van der Waals surface area contributed by atoms with E-state index in [-0.39, 0.29) is 12.5 Å². The van der Waals surface area contributed by atoms with E-state index in [1.54, 1.807) is 19.2 Å². The molecular formula is C13H11ClFNO2. The maximum Gasteiger partial charge on any atom is 0.257 e. The molecular weight excluding hydrogens is 257 g/mol. The van der Waals surface area contributed by atoms with E-state index in [4.69, 9.17) is 16.0 Å². The Labute approximate surface area is 109 Å². The number of hydrogen-bond donors (Lipinski definition) is 0. The molecule has 1 aromatic heterocycles. The van der Waals surface area contributed by atoms with Crippen molar-refractivity contribution in [1.29, 1.82) is 0 Å². The maximum absolute atomic E-state index is 13.6. The average Bonchev–Trinajstić information content (AvgIpc) is 2.86. The molecule has 2 aromatic rings. The molecule has 1 amide bonds. The van der Waals surface area contributed by atoms with Crippen LogP contribution in [-0.4, -0.2) is 17.9 Å². The summed E-state index contributed by atoms with van der Waals surface area (Å²) in [5, 5.41) is 0.307. The normalized spacial score (nSPS) is 10.4. The highest BCUT2D eigenvalue weighted by Gasteiger charge is 2.16. The minimum Gasteiger partial charge on any atom is -0.472 e. The van der Waals surface area contributed by atoms with Crippen LogP contribution in [0.2, 0.25) is 5.02 Å². The van der Waals surface area contributed by atoms with Gasteiger partial charge in [0.25, 0.3) is 5.91 Å². The Morgan fingerprint density at radius 3 is 2.83 bits per heavy atom. The minimum atomic E-state index is -0.422. The van der Waals surface area contributed by atoms with Crippen LogP contribution in [0.15, 0.2) is 41.2 Å². The molecule has 3 nitrogen and oxygen atoms in total. The van der Waals surface area contributed by atoms with Gasteiger partial charge < -0.3 is 9.32 Å². The molecule has 0 unspecified atom stereocenters. The first-order valence-electron chi connectivity index (χ1n) is 5.30. The van der Waals surface area contributed by atoms with Gasteiger partial charge in [-0.3, -0.25) is 4.79 Å². The van der Waals surface area contributed by atoms with Crippen LogP contribution in [0.4, 0.5) is 4.39 Å². The Balaban J connectivity index is 2.17. The molecule has 0 saturated heterocycles. The standard InChI is InChI=1S/C13H11ClFNO2/c1-16(13(17)9-5-6-18-8-9)7-10-11(14)3-2-4-12(10)15/h2-6,8H,7H2,1H3. The number of rotatable bonds is 3. The van der Waals surface area contributed by atoms with Gasteiger partial charge in [-0.25, -0.2) is 4.39 Å². The lowest BCUT2D eigenvalue weighted by molar-refractivity contribution is 0.0783. The van der Waals surface area contributed by atoms with Gasteiger partial charge >= 0.3 is 0 Å². The molecule has 0 bridgehead atoms. The molecule has 1 heterocycles. The van der Waals surface area contributed by atoms with Crippen LogP contribution in [0.1, 0.15) is 15.9 Å². The summed E-state index contributed by atoms with van der Waals surface area (Å²) in [6.45, 7) is 0.107. The molecule has 18 heavy (non-hydrogen) atoms. The Bertz CT molecular complexity index is 534. The summed E-state index contributed by atoms with van der Waals surface area (Å²) < 4.78 is 18.4. The second-order valence-electron chi connectivity index (χ2n) is 3.87. The van der Waals surface area contributed by atoms with Crippen LogP contribution in [-0.2, 0) is 6.54 Å². The zero-order valence-electron chi connectivity index (χ0n) is 9.69. The van der Waals surface area contributed by atoms with Crippen molar-refractivity contribution < 1.29 is 13.6 Å². The third kappa shape index (κ3) is 2.54. The minimum absolute atomic E-state index is 0.107. The third-order valence-corrected chi connectivity index (χ3v) is 2.93. The van der Waals surface area contributed by atoms with Crippen LogP contribution in [0.5, 0.6) is 0 Å². The highest BCUT2D eigenvalue weighted by Crippen LogP contribution is 2.21. The van der Waals surface area contributed by atoms with E-state index in [1.165, 1.54) is 29.6 Å².